The predicted molar refractivity (Wildman–Crippen MR) is 86.8 cm³/mol. The van der Waals surface area contributed by atoms with Crippen LogP contribution in [0.15, 0.2) is 27.7 Å². The number of aromatic nitrogens is 4. The highest BCUT2D eigenvalue weighted by Crippen LogP contribution is 2.48. The number of fused-ring (bicyclic) bond motifs is 1. The molecule has 118 valence electrons. The van der Waals surface area contributed by atoms with Crippen LogP contribution in [0.25, 0.3) is 5.78 Å². The zero-order valence-electron chi connectivity index (χ0n) is 12.4. The van der Waals surface area contributed by atoms with E-state index in [1.54, 1.807) is 11.3 Å². The van der Waals surface area contributed by atoms with E-state index in [-0.39, 0.29) is 35.0 Å². The minimum atomic E-state index is -0.234. The third kappa shape index (κ3) is 2.55. The van der Waals surface area contributed by atoms with Gasteiger partial charge in [-0.3, -0.25) is 20.0 Å². The van der Waals surface area contributed by atoms with Crippen molar-refractivity contribution in [1.82, 2.24) is 19.6 Å². The van der Waals surface area contributed by atoms with Gasteiger partial charge in [-0.1, -0.05) is 6.92 Å². The number of anilines is 1. The van der Waals surface area contributed by atoms with Crippen molar-refractivity contribution >= 4 is 29.0 Å². The highest BCUT2D eigenvalue weighted by molar-refractivity contribution is 7.08. The molecule has 0 aliphatic heterocycles. The van der Waals surface area contributed by atoms with Gasteiger partial charge in [-0.25, -0.2) is 4.98 Å². The average molecular weight is 329 g/mol. The largest absolute Gasteiger partial charge is 0.295 e. The zero-order valence-corrected chi connectivity index (χ0v) is 13.3. The summed E-state index contributed by atoms with van der Waals surface area (Å²) in [6.07, 6.45) is 1.51. The Kier molecular flexibility index (Phi) is 3.26. The minimum Gasteiger partial charge on any atom is -0.295 e. The van der Waals surface area contributed by atoms with Crippen LogP contribution >= 0.6 is 11.3 Å². The molecule has 2 atom stereocenters. The maximum absolute atomic E-state index is 12.3. The summed E-state index contributed by atoms with van der Waals surface area (Å²) in [4.78, 5) is 32.7. The quantitative estimate of drug-likeness (QED) is 0.763. The fourth-order valence-electron chi connectivity index (χ4n) is 2.71. The van der Waals surface area contributed by atoms with Crippen LogP contribution in [-0.2, 0) is 11.2 Å². The molecule has 8 heteroatoms. The summed E-state index contributed by atoms with van der Waals surface area (Å²) in [6, 6.07) is 3.52. The lowest BCUT2D eigenvalue weighted by molar-refractivity contribution is -0.117. The number of hydrogen-bond acceptors (Lipinski definition) is 5. The number of aromatic amines is 1. The lowest BCUT2D eigenvalue weighted by Crippen LogP contribution is -2.17. The standard InChI is InChI=1S/C15H15N5O2S/c1-2-9-5-12(21)20-15(16-9)18-14(19-20)17-13(22)11-6-10(11)8-3-4-23-7-8/h3-5,7,10-11H,2,6H2,1H3,(H2,16,17,18,19,22)/t10-,11+/m0/s1. The SMILES string of the molecule is CCc1cc(=O)n2[nH]c(NC(=O)[C@@H]3C[C@H]3c3ccsc3)nc2n1. The van der Waals surface area contributed by atoms with E-state index in [1.165, 1.54) is 16.1 Å². The first-order valence-corrected chi connectivity index (χ1v) is 8.41. The summed E-state index contributed by atoms with van der Waals surface area (Å²) in [7, 11) is 0. The molecule has 0 unspecified atom stereocenters. The highest BCUT2D eigenvalue weighted by Gasteiger charge is 2.44. The van der Waals surface area contributed by atoms with Gasteiger partial charge in [-0.05, 0) is 41.1 Å². The normalized spacial score (nSPS) is 19.9. The van der Waals surface area contributed by atoms with Crippen molar-refractivity contribution in [3.63, 3.8) is 0 Å². The Morgan fingerprint density at radius 3 is 3.13 bits per heavy atom. The molecule has 3 heterocycles. The first-order valence-electron chi connectivity index (χ1n) is 7.47. The van der Waals surface area contributed by atoms with Crippen LogP contribution in [0.1, 0.15) is 30.5 Å². The number of rotatable bonds is 4. The Morgan fingerprint density at radius 2 is 2.39 bits per heavy atom. The molecule has 2 N–H and O–H groups in total. The van der Waals surface area contributed by atoms with Gasteiger partial charge in [0.05, 0.1) is 0 Å². The number of carbonyl (C=O) groups excluding carboxylic acids is 1. The Balaban J connectivity index is 1.53. The molecule has 0 aromatic carbocycles. The number of hydrogen-bond donors (Lipinski definition) is 2. The van der Waals surface area contributed by atoms with Crippen molar-refractivity contribution in [2.75, 3.05) is 5.32 Å². The molecule has 0 radical (unpaired) electrons. The van der Waals surface area contributed by atoms with Gasteiger partial charge in [0.25, 0.3) is 11.3 Å². The molecule has 1 aliphatic rings. The fraction of sp³-hybridized carbons (Fsp3) is 0.333. The summed E-state index contributed by atoms with van der Waals surface area (Å²) in [5.41, 5.74) is 1.66. The maximum Gasteiger partial charge on any atom is 0.274 e. The third-order valence-electron chi connectivity index (χ3n) is 4.09. The van der Waals surface area contributed by atoms with Crippen molar-refractivity contribution in [2.24, 2.45) is 5.92 Å². The van der Waals surface area contributed by atoms with E-state index in [0.717, 1.165) is 6.42 Å². The fourth-order valence-corrected chi connectivity index (χ4v) is 3.44. The van der Waals surface area contributed by atoms with E-state index in [1.807, 2.05) is 12.3 Å². The van der Waals surface area contributed by atoms with Crippen LogP contribution in [0, 0.1) is 5.92 Å². The summed E-state index contributed by atoms with van der Waals surface area (Å²) in [5.74, 6) is 0.703. The summed E-state index contributed by atoms with van der Waals surface area (Å²) in [5, 5.41) is 9.62. The van der Waals surface area contributed by atoms with E-state index < -0.39 is 0 Å². The Labute approximate surface area is 135 Å². The smallest absolute Gasteiger partial charge is 0.274 e. The van der Waals surface area contributed by atoms with E-state index in [9.17, 15) is 9.59 Å². The molecule has 3 aromatic heterocycles. The van der Waals surface area contributed by atoms with Gasteiger partial charge in [-0.15, -0.1) is 0 Å². The van der Waals surface area contributed by atoms with Gasteiger partial charge < -0.3 is 0 Å². The van der Waals surface area contributed by atoms with Crippen molar-refractivity contribution in [2.45, 2.75) is 25.7 Å². The number of nitrogens with zero attached hydrogens (tertiary/aromatic N) is 3. The second-order valence-corrected chi connectivity index (χ2v) is 6.42. The minimum absolute atomic E-state index is 0.0336. The molecule has 3 aromatic rings. The maximum atomic E-state index is 12.3. The van der Waals surface area contributed by atoms with Gasteiger partial charge in [0, 0.05) is 17.7 Å². The van der Waals surface area contributed by atoms with Crippen LogP contribution < -0.4 is 10.9 Å². The number of aryl methyl sites for hydroxylation is 1. The first kappa shape index (κ1) is 14.1. The van der Waals surface area contributed by atoms with Crippen LogP contribution in [-0.4, -0.2) is 25.5 Å². The van der Waals surface area contributed by atoms with Gasteiger partial charge in [0.1, 0.15) is 0 Å². The molecule has 0 spiro atoms. The second kappa shape index (κ2) is 5.31. The third-order valence-corrected chi connectivity index (χ3v) is 4.79. The van der Waals surface area contributed by atoms with Gasteiger partial charge in [0.2, 0.25) is 11.9 Å². The van der Waals surface area contributed by atoms with Crippen LogP contribution in [0.4, 0.5) is 5.95 Å². The number of amides is 1. The van der Waals surface area contributed by atoms with Gasteiger partial charge in [0.15, 0.2) is 0 Å². The van der Waals surface area contributed by atoms with E-state index in [2.05, 4.69) is 31.8 Å². The summed E-state index contributed by atoms with van der Waals surface area (Å²) in [6.45, 7) is 1.92. The molecule has 1 saturated carbocycles. The first-order chi connectivity index (χ1) is 11.2. The summed E-state index contributed by atoms with van der Waals surface area (Å²) >= 11 is 1.64. The van der Waals surface area contributed by atoms with Gasteiger partial charge in [-0.2, -0.15) is 20.8 Å². The topological polar surface area (TPSA) is 92.2 Å². The molecule has 1 fully saturated rings. The molecule has 4 rings (SSSR count). The van der Waals surface area contributed by atoms with Crippen molar-refractivity contribution in [1.29, 1.82) is 0 Å². The lowest BCUT2D eigenvalue weighted by Gasteiger charge is -1.99. The zero-order chi connectivity index (χ0) is 16.0. The van der Waals surface area contributed by atoms with E-state index in [4.69, 9.17) is 0 Å². The lowest BCUT2D eigenvalue weighted by atomic mass is 10.2. The molecule has 0 bridgehead atoms. The number of thiophene rings is 1. The predicted octanol–water partition coefficient (Wildman–Crippen LogP) is 1.78. The van der Waals surface area contributed by atoms with Crippen molar-refractivity contribution < 1.29 is 4.79 Å². The van der Waals surface area contributed by atoms with Gasteiger partial charge >= 0.3 is 0 Å². The van der Waals surface area contributed by atoms with Crippen molar-refractivity contribution in [3.05, 3.63) is 44.5 Å². The highest BCUT2D eigenvalue weighted by atomic mass is 32.1. The molecular weight excluding hydrogens is 314 g/mol. The number of nitrogens with one attached hydrogen (secondary N) is 2. The van der Waals surface area contributed by atoms with Crippen molar-refractivity contribution in [3.8, 4) is 0 Å². The molecule has 1 amide bonds. The Morgan fingerprint density at radius 1 is 1.52 bits per heavy atom. The molecule has 7 nitrogen and oxygen atoms in total. The van der Waals surface area contributed by atoms with E-state index >= 15 is 0 Å². The molecule has 23 heavy (non-hydrogen) atoms. The summed E-state index contributed by atoms with van der Waals surface area (Å²) < 4.78 is 1.23. The average Bonchev–Trinajstić information content (AvgIpc) is 2.96. The Hall–Kier alpha value is -2.48. The van der Waals surface area contributed by atoms with Crippen LogP contribution in [0.3, 0.4) is 0 Å². The molecular formula is C15H15N5O2S. The van der Waals surface area contributed by atoms with Crippen LogP contribution in [0.2, 0.25) is 0 Å². The second-order valence-electron chi connectivity index (χ2n) is 5.64. The number of H-pyrrole nitrogens is 1. The number of carbonyl (C=O) groups is 1. The van der Waals surface area contributed by atoms with E-state index in [0.29, 0.717) is 12.1 Å². The Bertz CT molecular complexity index is 927. The molecule has 0 saturated heterocycles. The molecule has 1 aliphatic carbocycles. The van der Waals surface area contributed by atoms with Crippen LogP contribution in [0.5, 0.6) is 0 Å². The monoisotopic (exact) mass is 329 g/mol.